The van der Waals surface area contributed by atoms with Crippen LogP contribution in [0.1, 0.15) is 13.8 Å². The van der Waals surface area contributed by atoms with E-state index in [1.807, 2.05) is 0 Å². The van der Waals surface area contributed by atoms with E-state index in [0.717, 1.165) is 0 Å². The number of Topliss-reactive ketones (excluding diaryl/α,β-unsaturated/α-hetero) is 1. The van der Waals surface area contributed by atoms with E-state index in [4.69, 9.17) is 0 Å². The van der Waals surface area contributed by atoms with Crippen molar-refractivity contribution in [2.45, 2.75) is 13.8 Å². The van der Waals surface area contributed by atoms with Crippen molar-refractivity contribution in [2.75, 3.05) is 0 Å². The van der Waals surface area contributed by atoms with E-state index in [1.165, 1.54) is 13.8 Å². The molecule has 2 heteroatoms. The fourth-order valence-electron chi connectivity index (χ4n) is 0. The monoisotopic (exact) mass is 85.0 g/mol. The van der Waals surface area contributed by atoms with E-state index in [-0.39, 0.29) is 23.1 Å². The number of carbonyl (C=O) groups is 1. The molecule has 1 nitrogen and oxygen atoms in total. The maximum atomic E-state index is 9.44. The molecule has 0 saturated carbocycles. The molecule has 0 aliphatic rings. The summed E-state index contributed by atoms with van der Waals surface area (Å²) in [5.74, 6) is 0.167. The Morgan fingerprint density at radius 3 is 1.40 bits per heavy atom. The fourth-order valence-corrected chi connectivity index (χ4v) is 0. The summed E-state index contributed by atoms with van der Waals surface area (Å²) in [5, 5.41) is 0. The second-order valence-corrected chi connectivity index (χ2v) is 0.908. The average molecular weight is 85.1 g/mol. The first-order valence-electron chi connectivity index (χ1n) is 1.20. The van der Waals surface area contributed by atoms with Gasteiger partial charge in [-0.15, -0.1) is 0 Å². The van der Waals surface area contributed by atoms with Gasteiger partial charge in [0.05, 0.1) is 0 Å². The Labute approximate surface area is 42.5 Å². The summed E-state index contributed by atoms with van der Waals surface area (Å²) in [7, 11) is 0. The maximum Gasteiger partial charge on any atom is 3.00 e. The SMILES string of the molecule is CC(C)=O.[Al+3]. The van der Waals surface area contributed by atoms with E-state index in [2.05, 4.69) is 0 Å². The minimum Gasteiger partial charge on any atom is -0.300 e. The summed E-state index contributed by atoms with van der Waals surface area (Å²) in [6, 6.07) is 0. The number of ketones is 1. The Hall–Kier alpha value is 0.202. The van der Waals surface area contributed by atoms with Crippen LogP contribution in [0.2, 0.25) is 0 Å². The van der Waals surface area contributed by atoms with Crippen LogP contribution in [-0.2, 0) is 4.79 Å². The van der Waals surface area contributed by atoms with Crippen LogP contribution in [0.3, 0.4) is 0 Å². The van der Waals surface area contributed by atoms with Gasteiger partial charge in [0, 0.05) is 0 Å². The molecular weight excluding hydrogens is 79.0 g/mol. The topological polar surface area (TPSA) is 17.1 Å². The maximum absolute atomic E-state index is 9.44. The average Bonchev–Trinajstić information content (AvgIpc) is 0.811. The van der Waals surface area contributed by atoms with Gasteiger partial charge in [0.1, 0.15) is 5.78 Å². The molecule has 0 radical (unpaired) electrons. The van der Waals surface area contributed by atoms with E-state index in [0.29, 0.717) is 0 Å². The largest absolute Gasteiger partial charge is 3.00 e. The van der Waals surface area contributed by atoms with Crippen LogP contribution in [0.25, 0.3) is 0 Å². The van der Waals surface area contributed by atoms with E-state index in [1.54, 1.807) is 0 Å². The minimum atomic E-state index is 0. The van der Waals surface area contributed by atoms with Crippen molar-refractivity contribution in [3.63, 3.8) is 0 Å². The van der Waals surface area contributed by atoms with Crippen molar-refractivity contribution in [1.29, 1.82) is 0 Å². The van der Waals surface area contributed by atoms with Gasteiger partial charge in [0.15, 0.2) is 0 Å². The number of rotatable bonds is 0. The summed E-state index contributed by atoms with van der Waals surface area (Å²) >= 11 is 0. The predicted octanol–water partition coefficient (Wildman–Crippen LogP) is 0.214. The van der Waals surface area contributed by atoms with Crippen molar-refractivity contribution in [3.05, 3.63) is 0 Å². The molecule has 0 bridgehead atoms. The molecule has 0 N–H and O–H groups in total. The standard InChI is InChI=1S/C3H6O.Al/c1-3(2)4;/h1-2H3;/q;+3. The van der Waals surface area contributed by atoms with Crippen molar-refractivity contribution in [2.24, 2.45) is 0 Å². The van der Waals surface area contributed by atoms with Crippen LogP contribution in [0.5, 0.6) is 0 Å². The fraction of sp³-hybridized carbons (Fsp3) is 0.667. The van der Waals surface area contributed by atoms with Gasteiger partial charge in [-0.25, -0.2) is 0 Å². The quantitative estimate of drug-likeness (QED) is 0.384. The van der Waals surface area contributed by atoms with Crippen molar-refractivity contribution in [3.8, 4) is 0 Å². The van der Waals surface area contributed by atoms with Crippen LogP contribution >= 0.6 is 0 Å². The summed E-state index contributed by atoms with van der Waals surface area (Å²) < 4.78 is 0. The van der Waals surface area contributed by atoms with E-state index in [9.17, 15) is 4.79 Å². The van der Waals surface area contributed by atoms with Crippen LogP contribution < -0.4 is 0 Å². The minimum absolute atomic E-state index is 0. The van der Waals surface area contributed by atoms with Crippen LogP contribution in [0.4, 0.5) is 0 Å². The Morgan fingerprint density at radius 2 is 1.40 bits per heavy atom. The zero-order valence-corrected chi connectivity index (χ0v) is 4.64. The smallest absolute Gasteiger partial charge is 0.300 e. The van der Waals surface area contributed by atoms with Gasteiger partial charge < -0.3 is 4.79 Å². The third-order valence-electron chi connectivity index (χ3n) is 0. The molecule has 0 aromatic rings. The Balaban J connectivity index is 0. The molecule has 5 heavy (non-hydrogen) atoms. The Kier molecular flexibility index (Phi) is 7.53. The van der Waals surface area contributed by atoms with Gasteiger partial charge in [-0.1, -0.05) is 0 Å². The molecule has 0 saturated heterocycles. The second kappa shape index (κ2) is 4.20. The van der Waals surface area contributed by atoms with Gasteiger partial charge in [0.2, 0.25) is 0 Å². The van der Waals surface area contributed by atoms with Crippen molar-refractivity contribution < 1.29 is 4.79 Å². The molecule has 0 spiro atoms. The van der Waals surface area contributed by atoms with Gasteiger partial charge in [-0.2, -0.15) is 0 Å². The van der Waals surface area contributed by atoms with Gasteiger partial charge in [-0.3, -0.25) is 0 Å². The predicted molar refractivity (Wildman–Crippen MR) is 22.1 cm³/mol. The zero-order valence-electron chi connectivity index (χ0n) is 3.49. The zero-order chi connectivity index (χ0) is 3.58. The first kappa shape index (κ1) is 8.96. The van der Waals surface area contributed by atoms with Gasteiger partial charge >= 0.3 is 17.4 Å². The molecule has 0 aliphatic heterocycles. The molecule has 0 rings (SSSR count). The molecule has 0 aromatic heterocycles. The number of hydrogen-bond acceptors (Lipinski definition) is 1. The molecule has 0 aliphatic carbocycles. The summed E-state index contributed by atoms with van der Waals surface area (Å²) in [6.45, 7) is 3.06. The molecule has 0 amide bonds. The van der Waals surface area contributed by atoms with Crippen molar-refractivity contribution in [1.82, 2.24) is 0 Å². The third kappa shape index (κ3) is 497. The summed E-state index contributed by atoms with van der Waals surface area (Å²) in [5.41, 5.74) is 0. The van der Waals surface area contributed by atoms with E-state index < -0.39 is 0 Å². The first-order valence-corrected chi connectivity index (χ1v) is 1.20. The molecule has 0 heterocycles. The third-order valence-corrected chi connectivity index (χ3v) is 0. The van der Waals surface area contributed by atoms with Crippen molar-refractivity contribution >= 4 is 23.1 Å². The van der Waals surface area contributed by atoms with Crippen LogP contribution in [-0.4, -0.2) is 23.1 Å². The summed E-state index contributed by atoms with van der Waals surface area (Å²) in [6.07, 6.45) is 0. The Morgan fingerprint density at radius 1 is 1.40 bits per heavy atom. The van der Waals surface area contributed by atoms with Crippen LogP contribution in [0.15, 0.2) is 0 Å². The second-order valence-electron chi connectivity index (χ2n) is 0.908. The number of carbonyl (C=O) groups excluding carboxylic acids is 1. The molecule has 24 valence electrons. The number of hydrogen-bond donors (Lipinski definition) is 0. The molecule has 0 aromatic carbocycles. The Bertz CT molecular complexity index is 29.9. The normalized spacial score (nSPS) is 5.20. The molecule has 0 unspecified atom stereocenters. The molecule has 0 atom stereocenters. The molecule has 0 fully saturated rings. The van der Waals surface area contributed by atoms with Crippen LogP contribution in [0, 0.1) is 0 Å². The van der Waals surface area contributed by atoms with Gasteiger partial charge in [-0.05, 0) is 13.8 Å². The first-order chi connectivity index (χ1) is 1.73. The summed E-state index contributed by atoms with van der Waals surface area (Å²) in [4.78, 5) is 9.44. The molecular formula is C3H6AlO+3. The van der Waals surface area contributed by atoms with E-state index >= 15 is 0 Å². The van der Waals surface area contributed by atoms with Gasteiger partial charge in [0.25, 0.3) is 0 Å².